The van der Waals surface area contributed by atoms with Crippen LogP contribution in [0.1, 0.15) is 35.6 Å². The molecule has 0 radical (unpaired) electrons. The zero-order valence-electron chi connectivity index (χ0n) is 13.4. The molecule has 0 spiro atoms. The van der Waals surface area contributed by atoms with Crippen molar-refractivity contribution in [1.29, 1.82) is 0 Å². The Labute approximate surface area is 142 Å². The monoisotopic (exact) mass is 350 g/mol. The first-order chi connectivity index (χ1) is 11.9. The Balaban J connectivity index is 1.46. The van der Waals surface area contributed by atoms with E-state index in [1.807, 2.05) is 6.07 Å². The molecule has 2 aliphatic rings. The molecule has 0 fully saturated rings. The lowest BCUT2D eigenvalue weighted by molar-refractivity contribution is -0.141. The molecule has 5 nitrogen and oxygen atoms in total. The highest BCUT2D eigenvalue weighted by Gasteiger charge is 2.36. The Bertz CT molecular complexity index is 828. The molecule has 4 rings (SSSR count). The second kappa shape index (κ2) is 5.86. The van der Waals surface area contributed by atoms with E-state index in [4.69, 9.17) is 0 Å². The number of amides is 1. The lowest BCUT2D eigenvalue weighted by atomic mass is 9.98. The van der Waals surface area contributed by atoms with E-state index >= 15 is 0 Å². The third kappa shape index (κ3) is 3.12. The largest absolute Gasteiger partial charge is 0.434 e. The van der Waals surface area contributed by atoms with E-state index < -0.39 is 17.8 Å². The summed E-state index contributed by atoms with van der Waals surface area (Å²) >= 11 is 0. The SMILES string of the molecule is O=C(Nc1ccc2c(n1)CCC2)C1CCc2nc(C(F)(F)F)cn2C1. The number of nitrogens with zero attached hydrogens (tertiary/aromatic N) is 3. The summed E-state index contributed by atoms with van der Waals surface area (Å²) in [5.41, 5.74) is 1.34. The summed E-state index contributed by atoms with van der Waals surface area (Å²) in [5, 5.41) is 2.80. The molecule has 0 saturated heterocycles. The molecule has 1 aliphatic carbocycles. The van der Waals surface area contributed by atoms with Crippen LogP contribution in [0.3, 0.4) is 0 Å². The zero-order chi connectivity index (χ0) is 17.6. The fraction of sp³-hybridized carbons (Fsp3) is 0.471. The van der Waals surface area contributed by atoms with Gasteiger partial charge in [0.1, 0.15) is 11.6 Å². The maximum absolute atomic E-state index is 12.8. The number of aryl methyl sites for hydroxylation is 3. The van der Waals surface area contributed by atoms with Crippen LogP contribution in [0.25, 0.3) is 0 Å². The molecule has 3 heterocycles. The van der Waals surface area contributed by atoms with Crippen molar-refractivity contribution in [3.8, 4) is 0 Å². The molecule has 1 unspecified atom stereocenters. The van der Waals surface area contributed by atoms with Gasteiger partial charge in [-0.1, -0.05) is 6.07 Å². The highest BCUT2D eigenvalue weighted by Crippen LogP contribution is 2.31. The molecule has 1 aliphatic heterocycles. The smallest absolute Gasteiger partial charge is 0.333 e. The maximum Gasteiger partial charge on any atom is 0.434 e. The van der Waals surface area contributed by atoms with Gasteiger partial charge in [-0.3, -0.25) is 4.79 Å². The van der Waals surface area contributed by atoms with E-state index in [2.05, 4.69) is 15.3 Å². The summed E-state index contributed by atoms with van der Waals surface area (Å²) in [6.45, 7) is 0.204. The van der Waals surface area contributed by atoms with Gasteiger partial charge < -0.3 is 9.88 Å². The Morgan fingerprint density at radius 1 is 1.20 bits per heavy atom. The summed E-state index contributed by atoms with van der Waals surface area (Å²) < 4.78 is 39.7. The molecular weight excluding hydrogens is 333 g/mol. The molecule has 1 atom stereocenters. The molecule has 1 amide bonds. The first-order valence-electron chi connectivity index (χ1n) is 8.33. The second-order valence-electron chi connectivity index (χ2n) is 6.57. The summed E-state index contributed by atoms with van der Waals surface area (Å²) in [6.07, 6.45) is 0.369. The molecule has 1 N–H and O–H groups in total. The quantitative estimate of drug-likeness (QED) is 0.906. The van der Waals surface area contributed by atoms with Gasteiger partial charge in [-0.05, 0) is 37.3 Å². The summed E-state index contributed by atoms with van der Waals surface area (Å²) in [4.78, 5) is 20.6. The standard InChI is InChI=1S/C17H17F3N4O/c18-17(19,20)13-9-24-8-11(5-7-15(24)22-13)16(25)23-14-6-4-10-2-1-3-12(10)21-14/h4,6,9,11H,1-3,5,7-8H2,(H,21,23,25). The molecule has 0 saturated carbocycles. The fourth-order valence-electron chi connectivity index (χ4n) is 3.51. The van der Waals surface area contributed by atoms with Crippen LogP contribution < -0.4 is 5.32 Å². The van der Waals surface area contributed by atoms with Crippen molar-refractivity contribution in [2.45, 2.75) is 44.8 Å². The van der Waals surface area contributed by atoms with Crippen molar-refractivity contribution in [3.63, 3.8) is 0 Å². The third-order valence-electron chi connectivity index (χ3n) is 4.83. The van der Waals surface area contributed by atoms with E-state index in [0.717, 1.165) is 31.2 Å². The number of halogens is 3. The number of anilines is 1. The van der Waals surface area contributed by atoms with Gasteiger partial charge in [0.25, 0.3) is 0 Å². The normalized spacial score (nSPS) is 19.4. The molecule has 2 aromatic rings. The predicted molar refractivity (Wildman–Crippen MR) is 83.9 cm³/mol. The number of aromatic nitrogens is 3. The average molecular weight is 350 g/mol. The van der Waals surface area contributed by atoms with Gasteiger partial charge in [-0.2, -0.15) is 13.2 Å². The lowest BCUT2D eigenvalue weighted by Gasteiger charge is -2.22. The first-order valence-corrected chi connectivity index (χ1v) is 8.33. The molecule has 132 valence electrons. The minimum Gasteiger partial charge on any atom is -0.333 e. The van der Waals surface area contributed by atoms with Crippen molar-refractivity contribution in [2.75, 3.05) is 5.32 Å². The van der Waals surface area contributed by atoms with Crippen molar-refractivity contribution >= 4 is 11.7 Å². The summed E-state index contributed by atoms with van der Waals surface area (Å²) in [5.74, 6) is 0.293. The van der Waals surface area contributed by atoms with Crippen LogP contribution in [0.15, 0.2) is 18.3 Å². The minimum atomic E-state index is -4.46. The maximum atomic E-state index is 12.8. The van der Waals surface area contributed by atoms with E-state index in [9.17, 15) is 18.0 Å². The van der Waals surface area contributed by atoms with Crippen LogP contribution in [0, 0.1) is 5.92 Å². The molecular formula is C17H17F3N4O. The van der Waals surface area contributed by atoms with Crippen molar-refractivity contribution < 1.29 is 18.0 Å². The number of nitrogens with one attached hydrogen (secondary N) is 1. The summed E-state index contributed by atoms with van der Waals surface area (Å²) in [6, 6.07) is 3.77. The Kier molecular flexibility index (Phi) is 3.77. The predicted octanol–water partition coefficient (Wildman–Crippen LogP) is 2.99. The lowest BCUT2D eigenvalue weighted by Crippen LogP contribution is -2.31. The average Bonchev–Trinajstić information content (AvgIpc) is 3.19. The fourth-order valence-corrected chi connectivity index (χ4v) is 3.51. The van der Waals surface area contributed by atoms with Crippen LogP contribution in [0.2, 0.25) is 0 Å². The van der Waals surface area contributed by atoms with Gasteiger partial charge in [0.15, 0.2) is 5.69 Å². The van der Waals surface area contributed by atoms with Gasteiger partial charge >= 0.3 is 6.18 Å². The van der Waals surface area contributed by atoms with Crippen molar-refractivity contribution in [2.24, 2.45) is 5.92 Å². The first kappa shape index (κ1) is 16.1. The molecule has 2 aromatic heterocycles. The van der Waals surface area contributed by atoms with E-state index in [1.54, 1.807) is 6.07 Å². The Hall–Kier alpha value is -2.38. The number of pyridine rings is 1. The van der Waals surface area contributed by atoms with Crippen LogP contribution in [0.5, 0.6) is 0 Å². The van der Waals surface area contributed by atoms with Crippen LogP contribution in [-0.4, -0.2) is 20.4 Å². The van der Waals surface area contributed by atoms with Crippen molar-refractivity contribution in [3.05, 3.63) is 41.1 Å². The van der Waals surface area contributed by atoms with Crippen LogP contribution >= 0.6 is 0 Å². The number of hydrogen-bond donors (Lipinski definition) is 1. The minimum absolute atomic E-state index is 0.204. The van der Waals surface area contributed by atoms with Gasteiger partial charge in [-0.25, -0.2) is 9.97 Å². The van der Waals surface area contributed by atoms with Gasteiger partial charge in [-0.15, -0.1) is 0 Å². The van der Waals surface area contributed by atoms with Crippen molar-refractivity contribution in [1.82, 2.24) is 14.5 Å². The highest BCUT2D eigenvalue weighted by atomic mass is 19.4. The van der Waals surface area contributed by atoms with Crippen LogP contribution in [0.4, 0.5) is 19.0 Å². The number of carbonyl (C=O) groups excluding carboxylic acids is 1. The third-order valence-corrected chi connectivity index (χ3v) is 4.83. The zero-order valence-corrected chi connectivity index (χ0v) is 13.4. The number of fused-ring (bicyclic) bond motifs is 2. The van der Waals surface area contributed by atoms with Gasteiger partial charge in [0.05, 0.1) is 5.92 Å². The van der Waals surface area contributed by atoms with Gasteiger partial charge in [0, 0.05) is 24.9 Å². The molecule has 0 bridgehead atoms. The van der Waals surface area contributed by atoms with Gasteiger partial charge in [0.2, 0.25) is 5.91 Å². The number of hydrogen-bond acceptors (Lipinski definition) is 3. The Morgan fingerprint density at radius 3 is 2.84 bits per heavy atom. The number of imidazole rings is 1. The van der Waals surface area contributed by atoms with E-state index in [0.29, 0.717) is 24.5 Å². The topological polar surface area (TPSA) is 59.8 Å². The highest BCUT2D eigenvalue weighted by molar-refractivity contribution is 5.91. The molecule has 8 heteroatoms. The van der Waals surface area contributed by atoms with Crippen LogP contribution in [-0.2, 0) is 36.8 Å². The second-order valence-corrected chi connectivity index (χ2v) is 6.57. The molecule has 25 heavy (non-hydrogen) atoms. The number of carbonyl (C=O) groups is 1. The molecule has 0 aromatic carbocycles. The van der Waals surface area contributed by atoms with E-state index in [1.165, 1.54) is 10.1 Å². The summed E-state index contributed by atoms with van der Waals surface area (Å²) in [7, 11) is 0. The number of rotatable bonds is 2. The Morgan fingerprint density at radius 2 is 2.04 bits per heavy atom. The number of alkyl halides is 3. The van der Waals surface area contributed by atoms with E-state index in [-0.39, 0.29) is 12.5 Å².